The van der Waals surface area contributed by atoms with Gasteiger partial charge < -0.3 is 5.73 Å². The average molecular weight is 260 g/mol. The number of nitrogens with zero attached hydrogens (tertiary/aromatic N) is 1. The van der Waals surface area contributed by atoms with Gasteiger partial charge in [-0.2, -0.15) is 0 Å². The lowest BCUT2D eigenvalue weighted by atomic mass is 9.74. The second-order valence-electron chi connectivity index (χ2n) is 5.96. The van der Waals surface area contributed by atoms with Crippen molar-refractivity contribution in [2.45, 2.75) is 39.0 Å². The van der Waals surface area contributed by atoms with Crippen LogP contribution in [0.1, 0.15) is 39.0 Å². The number of hydrogen-bond acceptors (Lipinski definition) is 2. The molecule has 2 unspecified atom stereocenters. The molecule has 0 amide bonds. The number of piperidine rings is 1. The molecule has 2 N–H and O–H groups in total. The SMILES string of the molecule is C=CCN1CC2=C(N)C=CCC2C(CCCCC)C1. The molecule has 1 heterocycles. The van der Waals surface area contributed by atoms with Crippen molar-refractivity contribution in [1.82, 2.24) is 4.90 Å². The molecule has 1 aliphatic carbocycles. The van der Waals surface area contributed by atoms with Crippen LogP contribution in [-0.4, -0.2) is 24.5 Å². The molecule has 1 fully saturated rings. The van der Waals surface area contributed by atoms with Crippen molar-refractivity contribution < 1.29 is 0 Å². The van der Waals surface area contributed by atoms with Crippen molar-refractivity contribution in [3.63, 3.8) is 0 Å². The third-order valence-corrected chi connectivity index (χ3v) is 4.53. The van der Waals surface area contributed by atoms with Crippen LogP contribution >= 0.6 is 0 Å². The molecule has 0 aromatic carbocycles. The van der Waals surface area contributed by atoms with E-state index in [1.165, 1.54) is 44.2 Å². The smallest absolute Gasteiger partial charge is 0.0318 e. The monoisotopic (exact) mass is 260 g/mol. The number of fused-ring (bicyclic) bond motifs is 1. The standard InChI is InChI=1S/C17H28N2/c1-3-5-6-8-14-12-19(11-4-2)13-16-15(14)9-7-10-17(16)18/h4,7,10,14-15H,2-3,5-6,8-9,11-13,18H2,1H3. The van der Waals surface area contributed by atoms with E-state index in [0.29, 0.717) is 5.92 Å². The van der Waals surface area contributed by atoms with E-state index < -0.39 is 0 Å². The summed E-state index contributed by atoms with van der Waals surface area (Å²) >= 11 is 0. The van der Waals surface area contributed by atoms with Crippen molar-refractivity contribution in [3.8, 4) is 0 Å². The third-order valence-electron chi connectivity index (χ3n) is 4.53. The molecule has 2 nitrogen and oxygen atoms in total. The quantitative estimate of drug-likeness (QED) is 0.585. The maximum absolute atomic E-state index is 6.21. The molecule has 1 aliphatic heterocycles. The molecule has 0 saturated carbocycles. The Morgan fingerprint density at radius 3 is 3.05 bits per heavy atom. The highest BCUT2D eigenvalue weighted by Gasteiger charge is 2.33. The van der Waals surface area contributed by atoms with Crippen LogP contribution in [-0.2, 0) is 0 Å². The van der Waals surface area contributed by atoms with Gasteiger partial charge in [0.1, 0.15) is 0 Å². The minimum absolute atomic E-state index is 0.697. The Hall–Kier alpha value is -1.02. The summed E-state index contributed by atoms with van der Waals surface area (Å²) in [5.41, 5.74) is 8.71. The first-order chi connectivity index (χ1) is 9.26. The fraction of sp³-hybridized carbons (Fsp3) is 0.647. The Morgan fingerprint density at radius 1 is 1.47 bits per heavy atom. The Bertz CT molecular complexity index is 367. The van der Waals surface area contributed by atoms with E-state index in [2.05, 4.69) is 30.6 Å². The summed E-state index contributed by atoms with van der Waals surface area (Å²) in [6, 6.07) is 0. The van der Waals surface area contributed by atoms with Crippen molar-refractivity contribution in [2.75, 3.05) is 19.6 Å². The molecule has 2 atom stereocenters. The van der Waals surface area contributed by atoms with E-state index in [-0.39, 0.29) is 0 Å². The maximum atomic E-state index is 6.21. The predicted octanol–water partition coefficient (Wildman–Crippen LogP) is 3.47. The zero-order chi connectivity index (χ0) is 13.7. The van der Waals surface area contributed by atoms with Crippen molar-refractivity contribution >= 4 is 0 Å². The zero-order valence-electron chi connectivity index (χ0n) is 12.3. The van der Waals surface area contributed by atoms with E-state index >= 15 is 0 Å². The van der Waals surface area contributed by atoms with E-state index in [1.807, 2.05) is 6.08 Å². The normalized spacial score (nSPS) is 27.4. The van der Waals surface area contributed by atoms with E-state index in [1.54, 1.807) is 0 Å². The van der Waals surface area contributed by atoms with E-state index in [0.717, 1.165) is 24.7 Å². The zero-order valence-corrected chi connectivity index (χ0v) is 12.3. The number of allylic oxidation sites excluding steroid dienone is 2. The van der Waals surface area contributed by atoms with Crippen LogP contribution in [0.15, 0.2) is 36.1 Å². The minimum atomic E-state index is 0.697. The lowest BCUT2D eigenvalue weighted by molar-refractivity contribution is 0.167. The van der Waals surface area contributed by atoms with Crippen LogP contribution in [0.3, 0.4) is 0 Å². The second kappa shape index (κ2) is 6.95. The highest BCUT2D eigenvalue weighted by molar-refractivity contribution is 5.32. The molecule has 2 heteroatoms. The first-order valence-corrected chi connectivity index (χ1v) is 7.74. The molecule has 0 spiro atoms. The van der Waals surface area contributed by atoms with Crippen LogP contribution in [0.2, 0.25) is 0 Å². The van der Waals surface area contributed by atoms with Crippen molar-refractivity contribution in [1.29, 1.82) is 0 Å². The summed E-state index contributed by atoms with van der Waals surface area (Å²) < 4.78 is 0. The van der Waals surface area contributed by atoms with Gasteiger partial charge in [-0.25, -0.2) is 0 Å². The highest BCUT2D eigenvalue weighted by Crippen LogP contribution is 2.37. The maximum Gasteiger partial charge on any atom is 0.0318 e. The van der Waals surface area contributed by atoms with Gasteiger partial charge in [0.25, 0.3) is 0 Å². The first kappa shape index (κ1) is 14.4. The van der Waals surface area contributed by atoms with Crippen LogP contribution in [0.25, 0.3) is 0 Å². The molecule has 2 rings (SSSR count). The molecule has 0 aromatic heterocycles. The fourth-order valence-corrected chi connectivity index (χ4v) is 3.53. The second-order valence-corrected chi connectivity index (χ2v) is 5.96. The molecule has 0 aromatic rings. The number of hydrogen-bond donors (Lipinski definition) is 1. The third kappa shape index (κ3) is 3.50. The molecule has 19 heavy (non-hydrogen) atoms. The van der Waals surface area contributed by atoms with E-state index in [4.69, 9.17) is 5.73 Å². The Balaban J connectivity index is 2.07. The van der Waals surface area contributed by atoms with Crippen LogP contribution in [0, 0.1) is 11.8 Å². The minimum Gasteiger partial charge on any atom is -0.399 e. The van der Waals surface area contributed by atoms with Gasteiger partial charge in [-0.05, 0) is 36.3 Å². The van der Waals surface area contributed by atoms with Crippen molar-refractivity contribution in [2.24, 2.45) is 17.6 Å². The molecule has 0 bridgehead atoms. The number of unbranched alkanes of at least 4 members (excludes halogenated alkanes) is 2. The summed E-state index contributed by atoms with van der Waals surface area (Å²) in [5.74, 6) is 1.47. The molecular formula is C17H28N2. The largest absolute Gasteiger partial charge is 0.399 e. The number of likely N-dealkylation sites (tertiary alicyclic amines) is 1. The van der Waals surface area contributed by atoms with Crippen molar-refractivity contribution in [3.05, 3.63) is 36.1 Å². The summed E-state index contributed by atoms with van der Waals surface area (Å²) in [5, 5.41) is 0. The topological polar surface area (TPSA) is 29.3 Å². The highest BCUT2D eigenvalue weighted by atomic mass is 15.1. The average Bonchev–Trinajstić information content (AvgIpc) is 2.40. The first-order valence-electron chi connectivity index (χ1n) is 7.74. The van der Waals surface area contributed by atoms with E-state index in [9.17, 15) is 0 Å². The van der Waals surface area contributed by atoms with Crippen LogP contribution < -0.4 is 5.73 Å². The summed E-state index contributed by atoms with van der Waals surface area (Å²) in [6.07, 6.45) is 12.9. The van der Waals surface area contributed by atoms with Gasteiger partial charge in [0.2, 0.25) is 0 Å². The Morgan fingerprint density at radius 2 is 2.32 bits per heavy atom. The van der Waals surface area contributed by atoms with Gasteiger partial charge in [-0.1, -0.05) is 38.3 Å². The molecule has 2 aliphatic rings. The summed E-state index contributed by atoms with van der Waals surface area (Å²) in [7, 11) is 0. The Kier molecular flexibility index (Phi) is 5.26. The van der Waals surface area contributed by atoms with Gasteiger partial charge in [0, 0.05) is 25.3 Å². The Labute approximate surface area is 118 Å². The van der Waals surface area contributed by atoms with Gasteiger partial charge >= 0.3 is 0 Å². The molecule has 0 radical (unpaired) electrons. The van der Waals surface area contributed by atoms with Gasteiger partial charge in [-0.3, -0.25) is 4.90 Å². The number of rotatable bonds is 6. The van der Waals surface area contributed by atoms with Gasteiger partial charge in [-0.15, -0.1) is 6.58 Å². The lowest BCUT2D eigenvalue weighted by Crippen LogP contribution is -2.43. The lowest BCUT2D eigenvalue weighted by Gasteiger charge is -2.42. The fourth-order valence-electron chi connectivity index (χ4n) is 3.53. The van der Waals surface area contributed by atoms with Gasteiger partial charge in [0.05, 0.1) is 0 Å². The van der Waals surface area contributed by atoms with Gasteiger partial charge in [0.15, 0.2) is 0 Å². The number of nitrogens with two attached hydrogens (primary N) is 1. The van der Waals surface area contributed by atoms with Crippen LogP contribution in [0.5, 0.6) is 0 Å². The molecular weight excluding hydrogens is 232 g/mol. The summed E-state index contributed by atoms with van der Waals surface area (Å²) in [4.78, 5) is 2.50. The molecule has 106 valence electrons. The molecule has 1 saturated heterocycles. The van der Waals surface area contributed by atoms with Crippen LogP contribution in [0.4, 0.5) is 0 Å². The summed E-state index contributed by atoms with van der Waals surface area (Å²) in [6.45, 7) is 9.39. The predicted molar refractivity (Wildman–Crippen MR) is 82.7 cm³/mol.